The molecule has 3 aromatic rings. The Morgan fingerprint density at radius 2 is 2.09 bits per heavy atom. The van der Waals surface area contributed by atoms with E-state index in [1.165, 1.54) is 12.3 Å². The Balaban J connectivity index is 2.03. The standard InChI is InChI=1S/C16H15N3O3/c1-10(13-7-8-22-18-13)19(2)16(21)12-9-15(20)17-14-6-4-3-5-11(12)14/h3-10H,1-2H3,(H,17,20)/t10-/m1/s1. The molecule has 112 valence electrons. The van der Waals surface area contributed by atoms with Gasteiger partial charge >= 0.3 is 0 Å². The van der Waals surface area contributed by atoms with Crippen molar-refractivity contribution in [3.8, 4) is 0 Å². The molecule has 1 atom stereocenters. The van der Waals surface area contributed by atoms with Crippen LogP contribution in [-0.4, -0.2) is 28.0 Å². The highest BCUT2D eigenvalue weighted by Gasteiger charge is 2.22. The molecule has 0 spiro atoms. The molecule has 2 aromatic heterocycles. The van der Waals surface area contributed by atoms with Gasteiger partial charge in [0.2, 0.25) is 5.56 Å². The SMILES string of the molecule is C[C@H](c1ccon1)N(C)C(=O)c1cc(=O)[nH]c2ccccc12. The summed E-state index contributed by atoms with van der Waals surface area (Å²) < 4.78 is 4.82. The summed E-state index contributed by atoms with van der Waals surface area (Å²) >= 11 is 0. The number of nitrogens with zero attached hydrogens (tertiary/aromatic N) is 2. The average Bonchev–Trinajstić information content (AvgIpc) is 3.06. The first-order valence-corrected chi connectivity index (χ1v) is 6.87. The zero-order chi connectivity index (χ0) is 15.7. The molecule has 2 heterocycles. The highest BCUT2D eigenvalue weighted by atomic mass is 16.5. The number of para-hydroxylation sites is 1. The van der Waals surface area contributed by atoms with Crippen LogP contribution < -0.4 is 5.56 Å². The van der Waals surface area contributed by atoms with E-state index in [4.69, 9.17) is 4.52 Å². The number of rotatable bonds is 3. The summed E-state index contributed by atoms with van der Waals surface area (Å²) in [6.07, 6.45) is 1.47. The molecular formula is C16H15N3O3. The number of hydrogen-bond donors (Lipinski definition) is 1. The molecule has 0 radical (unpaired) electrons. The van der Waals surface area contributed by atoms with E-state index >= 15 is 0 Å². The van der Waals surface area contributed by atoms with Crippen LogP contribution >= 0.6 is 0 Å². The van der Waals surface area contributed by atoms with Crippen LogP contribution in [0.5, 0.6) is 0 Å². The number of nitrogens with one attached hydrogen (secondary N) is 1. The Morgan fingerprint density at radius 1 is 1.32 bits per heavy atom. The van der Waals surface area contributed by atoms with E-state index in [1.807, 2.05) is 25.1 Å². The lowest BCUT2D eigenvalue weighted by Crippen LogP contribution is -2.30. The average molecular weight is 297 g/mol. The minimum atomic E-state index is -0.301. The normalized spacial score (nSPS) is 12.3. The molecule has 0 saturated carbocycles. The molecule has 3 rings (SSSR count). The molecule has 0 bridgehead atoms. The van der Waals surface area contributed by atoms with Gasteiger partial charge in [0.1, 0.15) is 12.0 Å². The summed E-state index contributed by atoms with van der Waals surface area (Å²) in [5.41, 5.74) is 1.37. The number of carbonyl (C=O) groups excluding carboxylic acids is 1. The van der Waals surface area contributed by atoms with Crippen LogP contribution in [0.1, 0.15) is 29.0 Å². The summed E-state index contributed by atoms with van der Waals surface area (Å²) in [6, 6.07) is 10.0. The van der Waals surface area contributed by atoms with Crippen molar-refractivity contribution in [2.75, 3.05) is 7.05 Å². The summed E-state index contributed by atoms with van der Waals surface area (Å²) in [7, 11) is 1.68. The van der Waals surface area contributed by atoms with E-state index in [-0.39, 0.29) is 17.5 Å². The number of aromatic amines is 1. The maximum atomic E-state index is 12.8. The van der Waals surface area contributed by atoms with Crippen molar-refractivity contribution in [1.82, 2.24) is 15.0 Å². The molecule has 6 nitrogen and oxygen atoms in total. The molecule has 0 saturated heterocycles. The summed E-state index contributed by atoms with van der Waals surface area (Å²) in [4.78, 5) is 28.8. The lowest BCUT2D eigenvalue weighted by molar-refractivity contribution is 0.0739. The minimum absolute atomic E-state index is 0.238. The Hall–Kier alpha value is -2.89. The van der Waals surface area contributed by atoms with Crippen molar-refractivity contribution >= 4 is 16.8 Å². The highest BCUT2D eigenvalue weighted by Crippen LogP contribution is 2.22. The Morgan fingerprint density at radius 3 is 2.82 bits per heavy atom. The minimum Gasteiger partial charge on any atom is -0.364 e. The molecular weight excluding hydrogens is 282 g/mol. The van der Waals surface area contributed by atoms with Gasteiger partial charge in [-0.2, -0.15) is 0 Å². The number of pyridine rings is 1. The Labute approximate surface area is 126 Å². The summed E-state index contributed by atoms with van der Waals surface area (Å²) in [5.74, 6) is -0.238. The van der Waals surface area contributed by atoms with Gasteiger partial charge in [-0.3, -0.25) is 9.59 Å². The Bertz CT molecular complexity index is 868. The lowest BCUT2D eigenvalue weighted by atomic mass is 10.1. The smallest absolute Gasteiger partial charge is 0.255 e. The van der Waals surface area contributed by atoms with Crippen molar-refractivity contribution in [3.05, 3.63) is 64.3 Å². The van der Waals surface area contributed by atoms with Crippen molar-refractivity contribution in [2.24, 2.45) is 0 Å². The fourth-order valence-electron chi connectivity index (χ4n) is 2.38. The fourth-order valence-corrected chi connectivity index (χ4v) is 2.38. The number of amides is 1. The third-order valence-electron chi connectivity index (χ3n) is 3.77. The van der Waals surface area contributed by atoms with E-state index in [2.05, 4.69) is 10.1 Å². The second kappa shape index (κ2) is 5.48. The maximum Gasteiger partial charge on any atom is 0.255 e. The van der Waals surface area contributed by atoms with E-state index in [0.29, 0.717) is 22.2 Å². The van der Waals surface area contributed by atoms with Crippen molar-refractivity contribution < 1.29 is 9.32 Å². The predicted molar refractivity (Wildman–Crippen MR) is 81.6 cm³/mol. The first-order chi connectivity index (χ1) is 10.6. The number of carbonyl (C=O) groups is 1. The fraction of sp³-hybridized carbons (Fsp3) is 0.188. The highest BCUT2D eigenvalue weighted by molar-refractivity contribution is 6.05. The van der Waals surface area contributed by atoms with Crippen LogP contribution in [0.3, 0.4) is 0 Å². The first kappa shape index (κ1) is 14.1. The lowest BCUT2D eigenvalue weighted by Gasteiger charge is -2.23. The van der Waals surface area contributed by atoms with Crippen LogP contribution in [0, 0.1) is 0 Å². The molecule has 1 amide bonds. The number of aromatic nitrogens is 2. The third-order valence-corrected chi connectivity index (χ3v) is 3.77. The number of benzene rings is 1. The second-order valence-corrected chi connectivity index (χ2v) is 5.11. The van der Waals surface area contributed by atoms with Crippen molar-refractivity contribution in [3.63, 3.8) is 0 Å². The first-order valence-electron chi connectivity index (χ1n) is 6.87. The van der Waals surface area contributed by atoms with Crippen LogP contribution in [0.15, 0.2) is 52.0 Å². The largest absolute Gasteiger partial charge is 0.364 e. The monoisotopic (exact) mass is 297 g/mol. The van der Waals surface area contributed by atoms with Gasteiger partial charge in [-0.25, -0.2) is 0 Å². The zero-order valence-electron chi connectivity index (χ0n) is 12.2. The van der Waals surface area contributed by atoms with E-state index in [0.717, 1.165) is 0 Å². The maximum absolute atomic E-state index is 12.8. The van der Waals surface area contributed by atoms with Crippen molar-refractivity contribution in [1.29, 1.82) is 0 Å². The predicted octanol–water partition coefficient (Wildman–Crippen LogP) is 2.35. The van der Waals surface area contributed by atoms with Crippen LogP contribution in [0.25, 0.3) is 10.9 Å². The van der Waals surface area contributed by atoms with Gasteiger partial charge in [0.25, 0.3) is 5.91 Å². The van der Waals surface area contributed by atoms with Gasteiger partial charge in [-0.05, 0) is 13.0 Å². The molecule has 6 heteroatoms. The van der Waals surface area contributed by atoms with E-state index in [1.54, 1.807) is 24.1 Å². The van der Waals surface area contributed by atoms with Crippen LogP contribution in [0.2, 0.25) is 0 Å². The third kappa shape index (κ3) is 2.39. The van der Waals surface area contributed by atoms with E-state index in [9.17, 15) is 9.59 Å². The zero-order valence-corrected chi connectivity index (χ0v) is 12.2. The molecule has 22 heavy (non-hydrogen) atoms. The van der Waals surface area contributed by atoms with Gasteiger partial charge in [0.15, 0.2) is 0 Å². The number of fused-ring (bicyclic) bond motifs is 1. The molecule has 0 aliphatic heterocycles. The molecule has 0 aliphatic rings. The van der Waals surface area contributed by atoms with Gasteiger partial charge < -0.3 is 14.4 Å². The van der Waals surface area contributed by atoms with E-state index < -0.39 is 0 Å². The molecule has 0 unspecified atom stereocenters. The summed E-state index contributed by atoms with van der Waals surface area (Å²) in [6.45, 7) is 1.85. The molecule has 0 aliphatic carbocycles. The van der Waals surface area contributed by atoms with Crippen LogP contribution in [-0.2, 0) is 0 Å². The molecule has 0 fully saturated rings. The van der Waals surface area contributed by atoms with Gasteiger partial charge in [0, 0.05) is 30.1 Å². The quantitative estimate of drug-likeness (QED) is 0.804. The topological polar surface area (TPSA) is 79.2 Å². The van der Waals surface area contributed by atoms with Crippen molar-refractivity contribution in [2.45, 2.75) is 13.0 Å². The molecule has 1 N–H and O–H groups in total. The number of H-pyrrole nitrogens is 1. The second-order valence-electron chi connectivity index (χ2n) is 5.11. The van der Waals surface area contributed by atoms with Crippen LogP contribution in [0.4, 0.5) is 0 Å². The van der Waals surface area contributed by atoms with Gasteiger partial charge in [0.05, 0.1) is 11.6 Å². The van der Waals surface area contributed by atoms with Gasteiger partial charge in [-0.15, -0.1) is 0 Å². The number of hydrogen-bond acceptors (Lipinski definition) is 4. The summed E-state index contributed by atoms with van der Waals surface area (Å²) in [5, 5.41) is 4.57. The van der Waals surface area contributed by atoms with Gasteiger partial charge in [-0.1, -0.05) is 23.4 Å². The Kier molecular flexibility index (Phi) is 3.50. The molecule has 1 aromatic carbocycles.